The minimum atomic E-state index is -0.742. The lowest BCUT2D eigenvalue weighted by Crippen LogP contribution is -2.42. The molecule has 218 valence electrons. The highest BCUT2D eigenvalue weighted by atomic mass is 35.5. The van der Waals surface area contributed by atoms with Crippen LogP contribution < -0.4 is 10.1 Å². The third kappa shape index (κ3) is 7.57. The third-order valence-electron chi connectivity index (χ3n) is 7.70. The number of β-amino-alcohol motifs (C(OH)–C–C–N with tert-alkyl or cyclic N) is 1. The van der Waals surface area contributed by atoms with Crippen molar-refractivity contribution in [1.29, 1.82) is 0 Å². The van der Waals surface area contributed by atoms with Gasteiger partial charge >= 0.3 is 0 Å². The minimum absolute atomic E-state index is 0.112. The summed E-state index contributed by atoms with van der Waals surface area (Å²) in [5.74, 6) is 0.797. The van der Waals surface area contributed by atoms with E-state index in [4.69, 9.17) is 16.3 Å². The molecule has 4 heterocycles. The van der Waals surface area contributed by atoms with Gasteiger partial charge in [0.05, 0.1) is 17.3 Å². The number of aliphatic hydroxyl groups excluding tert-OH is 1. The molecule has 2 aliphatic rings. The van der Waals surface area contributed by atoms with Crippen LogP contribution in [-0.4, -0.2) is 90.9 Å². The monoisotopic (exact) mass is 582 g/mol. The predicted molar refractivity (Wildman–Crippen MR) is 150 cm³/mol. The van der Waals surface area contributed by atoms with Gasteiger partial charge in [0.15, 0.2) is 0 Å². The Balaban J connectivity index is 1.07. The number of likely N-dealkylation sites (tertiary alicyclic amines) is 1. The molecule has 2 amide bonds. The number of ether oxygens (including phenoxy) is 1. The second kappa shape index (κ2) is 13.4. The van der Waals surface area contributed by atoms with Gasteiger partial charge in [-0.15, -0.1) is 0 Å². The summed E-state index contributed by atoms with van der Waals surface area (Å²) in [6.45, 7) is 5.28. The molecule has 0 aliphatic carbocycles. The van der Waals surface area contributed by atoms with Gasteiger partial charge < -0.3 is 20.1 Å². The van der Waals surface area contributed by atoms with Crippen molar-refractivity contribution < 1.29 is 19.4 Å². The highest BCUT2D eigenvalue weighted by molar-refractivity contribution is 6.33. The normalized spacial score (nSPS) is 16.7. The zero-order valence-electron chi connectivity index (χ0n) is 23.1. The van der Waals surface area contributed by atoms with E-state index in [2.05, 4.69) is 35.6 Å². The molecule has 1 fully saturated rings. The van der Waals surface area contributed by atoms with Gasteiger partial charge in [-0.05, 0) is 54.9 Å². The molecule has 0 unspecified atom stereocenters. The summed E-state index contributed by atoms with van der Waals surface area (Å²) in [4.78, 5) is 36.8. The van der Waals surface area contributed by atoms with E-state index in [1.54, 1.807) is 19.2 Å². The van der Waals surface area contributed by atoms with Crippen LogP contribution in [0.2, 0.25) is 5.02 Å². The van der Waals surface area contributed by atoms with Crippen molar-refractivity contribution in [3.63, 3.8) is 0 Å². The summed E-state index contributed by atoms with van der Waals surface area (Å²) in [6.07, 6.45) is 5.58. The van der Waals surface area contributed by atoms with Gasteiger partial charge in [-0.1, -0.05) is 17.7 Å². The van der Waals surface area contributed by atoms with Crippen molar-refractivity contribution in [2.75, 3.05) is 32.7 Å². The number of benzene rings is 1. The van der Waals surface area contributed by atoms with Crippen LogP contribution in [0.25, 0.3) is 0 Å². The first-order chi connectivity index (χ1) is 19.9. The van der Waals surface area contributed by atoms with Crippen LogP contribution in [0.5, 0.6) is 5.75 Å². The molecule has 0 radical (unpaired) electrons. The van der Waals surface area contributed by atoms with E-state index >= 15 is 0 Å². The molecule has 1 aromatic carbocycles. The number of piperidine rings is 1. The number of aliphatic hydroxyl groups is 1. The smallest absolute Gasteiger partial charge is 0.270 e. The molecule has 1 saturated heterocycles. The quantitative estimate of drug-likeness (QED) is 0.325. The Morgan fingerprint density at radius 2 is 2.05 bits per heavy atom. The van der Waals surface area contributed by atoms with E-state index < -0.39 is 6.10 Å². The van der Waals surface area contributed by atoms with Crippen molar-refractivity contribution in [2.24, 2.45) is 5.92 Å². The first kappa shape index (κ1) is 28.9. The molecule has 5 rings (SSSR count). The van der Waals surface area contributed by atoms with Gasteiger partial charge in [0.25, 0.3) is 5.91 Å². The number of carbonyl (C=O) groups is 2. The molecule has 3 aromatic rings. The van der Waals surface area contributed by atoms with E-state index in [1.165, 1.54) is 6.33 Å². The second-order valence-corrected chi connectivity index (χ2v) is 11.0. The number of aromatic amines is 1. The van der Waals surface area contributed by atoms with Crippen LogP contribution in [0.1, 0.15) is 52.8 Å². The van der Waals surface area contributed by atoms with Crippen LogP contribution in [0.3, 0.4) is 0 Å². The standard InChI is InChI=1S/C28H35ClN8O4/c1-18(38)37-8-4-19(5-9-37)10-21-11-25(32-17-31-21)28(40)30-13-23(39)15-36-7-6-24-20(14-36)2-3-26(27(24)29)41-16-22-12-33-35-34-22/h2-3,11-12,17,19,23,39H,4-10,13-16H2,1H3,(H,30,40)(H,33,34,35)/t23-/m0/s1. The Bertz CT molecular complexity index is 1350. The lowest BCUT2D eigenvalue weighted by atomic mass is 9.92. The SMILES string of the molecule is CC(=O)N1CCC(Cc2cc(C(=O)NC[C@H](O)CN3CCc4c(ccc(OCc5cn[nH]n5)c4Cl)C3)ncn2)CC1. The van der Waals surface area contributed by atoms with E-state index in [9.17, 15) is 14.7 Å². The summed E-state index contributed by atoms with van der Waals surface area (Å²) >= 11 is 6.64. The Morgan fingerprint density at radius 3 is 2.80 bits per heavy atom. The maximum absolute atomic E-state index is 12.8. The van der Waals surface area contributed by atoms with Crippen molar-refractivity contribution in [1.82, 2.24) is 40.5 Å². The molecule has 3 N–H and O–H groups in total. The first-order valence-electron chi connectivity index (χ1n) is 13.9. The zero-order valence-corrected chi connectivity index (χ0v) is 23.8. The van der Waals surface area contributed by atoms with Crippen LogP contribution >= 0.6 is 11.6 Å². The first-order valence-corrected chi connectivity index (χ1v) is 14.3. The zero-order chi connectivity index (χ0) is 28.8. The fraction of sp³-hybridized carbons (Fsp3) is 0.500. The van der Waals surface area contributed by atoms with Crippen LogP contribution in [0, 0.1) is 5.92 Å². The van der Waals surface area contributed by atoms with E-state index in [-0.39, 0.29) is 30.7 Å². The molecule has 0 bridgehead atoms. The molecule has 0 saturated carbocycles. The van der Waals surface area contributed by atoms with Crippen LogP contribution in [0.15, 0.2) is 30.7 Å². The Labute approximate surface area is 243 Å². The van der Waals surface area contributed by atoms with Gasteiger partial charge in [0.1, 0.15) is 30.1 Å². The van der Waals surface area contributed by atoms with E-state index in [1.807, 2.05) is 17.0 Å². The molecule has 2 aromatic heterocycles. The summed E-state index contributed by atoms with van der Waals surface area (Å²) in [6, 6.07) is 5.57. The number of fused-ring (bicyclic) bond motifs is 1. The number of carbonyl (C=O) groups excluding carboxylic acids is 2. The van der Waals surface area contributed by atoms with Crippen molar-refractivity contribution in [3.8, 4) is 5.75 Å². The van der Waals surface area contributed by atoms with Gasteiger partial charge in [-0.2, -0.15) is 15.4 Å². The third-order valence-corrected chi connectivity index (χ3v) is 8.11. The van der Waals surface area contributed by atoms with Crippen molar-refractivity contribution in [2.45, 2.75) is 51.9 Å². The van der Waals surface area contributed by atoms with Crippen molar-refractivity contribution >= 4 is 23.4 Å². The Morgan fingerprint density at radius 1 is 1.22 bits per heavy atom. The number of aromatic nitrogens is 5. The largest absolute Gasteiger partial charge is 0.486 e. The molecular formula is C28H35ClN8O4. The van der Waals surface area contributed by atoms with E-state index in [0.29, 0.717) is 35.5 Å². The summed E-state index contributed by atoms with van der Waals surface area (Å²) in [7, 11) is 0. The topological polar surface area (TPSA) is 149 Å². The number of hydrogen-bond acceptors (Lipinski definition) is 9. The van der Waals surface area contributed by atoms with Crippen LogP contribution in [0.4, 0.5) is 0 Å². The molecule has 0 spiro atoms. The van der Waals surface area contributed by atoms with Gasteiger partial charge in [-0.25, -0.2) is 9.97 Å². The Kier molecular flexibility index (Phi) is 9.42. The Hall–Kier alpha value is -3.61. The maximum Gasteiger partial charge on any atom is 0.270 e. The average molecular weight is 583 g/mol. The lowest BCUT2D eigenvalue weighted by molar-refractivity contribution is -0.130. The van der Waals surface area contributed by atoms with Crippen molar-refractivity contribution in [3.05, 3.63) is 64.0 Å². The minimum Gasteiger partial charge on any atom is -0.486 e. The van der Waals surface area contributed by atoms with Gasteiger partial charge in [0.2, 0.25) is 5.91 Å². The molecular weight excluding hydrogens is 548 g/mol. The van der Waals surface area contributed by atoms with E-state index in [0.717, 1.165) is 62.1 Å². The fourth-order valence-corrected chi connectivity index (χ4v) is 5.74. The number of nitrogens with one attached hydrogen (secondary N) is 2. The molecule has 2 aliphatic heterocycles. The average Bonchev–Trinajstić information content (AvgIpc) is 3.50. The number of rotatable bonds is 10. The number of amides is 2. The fourth-order valence-electron chi connectivity index (χ4n) is 5.41. The number of nitrogens with zero attached hydrogens (tertiary/aromatic N) is 6. The highest BCUT2D eigenvalue weighted by Crippen LogP contribution is 2.34. The van der Waals surface area contributed by atoms with Gasteiger partial charge in [0, 0.05) is 51.9 Å². The second-order valence-electron chi connectivity index (χ2n) is 10.7. The molecule has 13 heteroatoms. The number of halogens is 1. The highest BCUT2D eigenvalue weighted by Gasteiger charge is 2.24. The molecule has 12 nitrogen and oxygen atoms in total. The van der Waals surface area contributed by atoms with Crippen LogP contribution in [-0.2, 0) is 30.8 Å². The predicted octanol–water partition coefficient (Wildman–Crippen LogP) is 1.78. The summed E-state index contributed by atoms with van der Waals surface area (Å²) in [5, 5.41) is 24.4. The number of hydrogen-bond donors (Lipinski definition) is 3. The lowest BCUT2D eigenvalue weighted by Gasteiger charge is -2.31. The molecule has 41 heavy (non-hydrogen) atoms. The number of H-pyrrole nitrogens is 1. The molecule has 1 atom stereocenters. The summed E-state index contributed by atoms with van der Waals surface area (Å²) in [5.41, 5.74) is 3.92. The van der Waals surface area contributed by atoms with Gasteiger partial charge in [-0.3, -0.25) is 14.5 Å². The maximum atomic E-state index is 12.8. The summed E-state index contributed by atoms with van der Waals surface area (Å²) < 4.78 is 5.82.